The number of rotatable bonds is 0. The van der Waals surface area contributed by atoms with Gasteiger partial charge in [0.15, 0.2) is 5.79 Å². The molecule has 0 aromatic heterocycles. The second-order valence-electron chi connectivity index (χ2n) is 10.5. The average Bonchev–Trinajstić information content (AvgIpc) is 3.22. The fraction of sp³-hybridized carbons (Fsp3) is 0.913. The number of fused-ring (bicyclic) bond motifs is 6. The Morgan fingerprint density at radius 1 is 0.923 bits per heavy atom. The standard InChI is InChI=1S/C23H34O3/c1-4-22(24)12-11-20(2)16(15-22)5-6-17-18(20)7-9-21(3)19(17)8-10-23(21)25-13-14-26-23/h1,16-19,24H,5-15H2,2-3H3/t16-,17-,18+,19-,20+,21+,22+/m1/s1. The molecule has 7 atom stereocenters. The van der Waals surface area contributed by atoms with E-state index in [0.717, 1.165) is 56.7 Å². The first-order valence-electron chi connectivity index (χ1n) is 10.8. The van der Waals surface area contributed by atoms with Crippen LogP contribution in [0.4, 0.5) is 0 Å². The van der Waals surface area contributed by atoms with Gasteiger partial charge in [-0.15, -0.1) is 6.42 Å². The summed E-state index contributed by atoms with van der Waals surface area (Å²) >= 11 is 0. The predicted molar refractivity (Wildman–Crippen MR) is 100 cm³/mol. The van der Waals surface area contributed by atoms with E-state index in [1.807, 2.05) is 0 Å². The van der Waals surface area contributed by atoms with E-state index in [4.69, 9.17) is 15.9 Å². The molecule has 5 fully saturated rings. The minimum atomic E-state index is -0.858. The highest BCUT2D eigenvalue weighted by atomic mass is 16.7. The smallest absolute Gasteiger partial charge is 0.174 e. The summed E-state index contributed by atoms with van der Waals surface area (Å²) in [5.41, 5.74) is -0.328. The van der Waals surface area contributed by atoms with Crippen LogP contribution < -0.4 is 0 Å². The first-order chi connectivity index (χ1) is 12.4. The number of ether oxygens (including phenoxy) is 2. The van der Waals surface area contributed by atoms with Gasteiger partial charge in [-0.2, -0.15) is 0 Å². The van der Waals surface area contributed by atoms with E-state index in [1.165, 1.54) is 32.1 Å². The number of aliphatic hydroxyl groups is 1. The molecule has 144 valence electrons. The van der Waals surface area contributed by atoms with E-state index in [1.54, 1.807) is 0 Å². The van der Waals surface area contributed by atoms with E-state index in [9.17, 15) is 5.11 Å². The van der Waals surface area contributed by atoms with E-state index in [-0.39, 0.29) is 11.2 Å². The van der Waals surface area contributed by atoms with Crippen molar-refractivity contribution in [3.63, 3.8) is 0 Å². The van der Waals surface area contributed by atoms with Gasteiger partial charge in [0.1, 0.15) is 5.60 Å². The minimum absolute atomic E-state index is 0.183. The number of hydrogen-bond acceptors (Lipinski definition) is 3. The second kappa shape index (κ2) is 5.49. The molecule has 1 aliphatic heterocycles. The fourth-order valence-electron chi connectivity index (χ4n) is 8.26. The van der Waals surface area contributed by atoms with Gasteiger partial charge < -0.3 is 14.6 Å². The molecule has 1 spiro atoms. The molecule has 0 aromatic carbocycles. The largest absolute Gasteiger partial charge is 0.378 e. The van der Waals surface area contributed by atoms with Gasteiger partial charge in [0.05, 0.1) is 13.2 Å². The van der Waals surface area contributed by atoms with Crippen LogP contribution in [-0.4, -0.2) is 29.7 Å². The van der Waals surface area contributed by atoms with Crippen LogP contribution in [0.3, 0.4) is 0 Å². The maximum Gasteiger partial charge on any atom is 0.174 e. The average molecular weight is 359 g/mol. The summed E-state index contributed by atoms with van der Waals surface area (Å²) in [5.74, 6) is 5.28. The van der Waals surface area contributed by atoms with Crippen molar-refractivity contribution >= 4 is 0 Å². The maximum atomic E-state index is 10.7. The zero-order valence-electron chi connectivity index (χ0n) is 16.4. The summed E-state index contributed by atoms with van der Waals surface area (Å²) in [4.78, 5) is 0. The van der Waals surface area contributed by atoms with Crippen LogP contribution in [0.2, 0.25) is 0 Å². The third-order valence-corrected chi connectivity index (χ3v) is 9.79. The van der Waals surface area contributed by atoms with Crippen molar-refractivity contribution in [1.82, 2.24) is 0 Å². The van der Waals surface area contributed by atoms with Gasteiger partial charge in [-0.3, -0.25) is 0 Å². The van der Waals surface area contributed by atoms with E-state index >= 15 is 0 Å². The summed E-state index contributed by atoms with van der Waals surface area (Å²) in [7, 11) is 0. The summed E-state index contributed by atoms with van der Waals surface area (Å²) in [5, 5.41) is 10.7. The molecule has 1 heterocycles. The molecule has 0 bridgehead atoms. The lowest BCUT2D eigenvalue weighted by Crippen LogP contribution is -2.58. The van der Waals surface area contributed by atoms with Crippen LogP contribution in [-0.2, 0) is 9.47 Å². The van der Waals surface area contributed by atoms with Crippen LogP contribution >= 0.6 is 0 Å². The normalized spacial score (nSPS) is 55.0. The number of terminal acetylenes is 1. The summed E-state index contributed by atoms with van der Waals surface area (Å²) in [6.45, 7) is 6.50. The van der Waals surface area contributed by atoms with Crippen molar-refractivity contribution in [2.45, 2.75) is 83.0 Å². The first kappa shape index (κ1) is 17.5. The molecule has 0 aromatic rings. The van der Waals surface area contributed by atoms with Crippen molar-refractivity contribution in [1.29, 1.82) is 0 Å². The molecule has 0 unspecified atom stereocenters. The number of hydrogen-bond donors (Lipinski definition) is 1. The molecule has 4 aliphatic carbocycles. The molecule has 1 N–H and O–H groups in total. The second-order valence-corrected chi connectivity index (χ2v) is 10.5. The highest BCUT2D eigenvalue weighted by Crippen LogP contribution is 2.69. The van der Waals surface area contributed by atoms with Crippen LogP contribution in [0.25, 0.3) is 0 Å². The van der Waals surface area contributed by atoms with Crippen LogP contribution in [0.1, 0.15) is 71.6 Å². The lowest BCUT2D eigenvalue weighted by Gasteiger charge is -2.62. The Balaban J connectivity index is 1.43. The Morgan fingerprint density at radius 2 is 1.65 bits per heavy atom. The SMILES string of the molecule is C#C[C@]1(O)CC[C@@]2(C)[C@H](CC[C@H]3[C@H]4CCC5(OCCO5)[C@@]4(C)CC[C@@H]32)C1. The van der Waals surface area contributed by atoms with Gasteiger partial charge in [0.25, 0.3) is 0 Å². The molecule has 26 heavy (non-hydrogen) atoms. The minimum Gasteiger partial charge on any atom is -0.378 e. The van der Waals surface area contributed by atoms with Gasteiger partial charge in [0.2, 0.25) is 0 Å². The quantitative estimate of drug-likeness (QED) is 0.662. The van der Waals surface area contributed by atoms with Gasteiger partial charge in [-0.05, 0) is 80.5 Å². The van der Waals surface area contributed by atoms with Crippen LogP contribution in [0.15, 0.2) is 0 Å². The molecule has 3 heteroatoms. The summed E-state index contributed by atoms with van der Waals surface area (Å²) in [6.07, 6.45) is 15.7. The fourth-order valence-corrected chi connectivity index (χ4v) is 8.26. The van der Waals surface area contributed by atoms with Crippen molar-refractivity contribution in [3.05, 3.63) is 0 Å². The highest BCUT2D eigenvalue weighted by Gasteiger charge is 2.67. The van der Waals surface area contributed by atoms with Crippen molar-refractivity contribution in [3.8, 4) is 12.3 Å². The molecule has 0 radical (unpaired) electrons. The Bertz CT molecular complexity index is 632. The van der Waals surface area contributed by atoms with Gasteiger partial charge in [-0.25, -0.2) is 0 Å². The van der Waals surface area contributed by atoms with Gasteiger partial charge >= 0.3 is 0 Å². The van der Waals surface area contributed by atoms with Crippen LogP contribution in [0.5, 0.6) is 0 Å². The molecule has 5 aliphatic rings. The third kappa shape index (κ3) is 2.07. The lowest BCUT2D eigenvalue weighted by atomic mass is 9.44. The highest BCUT2D eigenvalue weighted by molar-refractivity contribution is 5.17. The molecule has 5 rings (SSSR count). The summed E-state index contributed by atoms with van der Waals surface area (Å²) in [6, 6.07) is 0. The maximum absolute atomic E-state index is 10.7. The molecule has 4 saturated carbocycles. The molecular formula is C23H34O3. The van der Waals surface area contributed by atoms with E-state index in [0.29, 0.717) is 11.3 Å². The Kier molecular flexibility index (Phi) is 3.70. The van der Waals surface area contributed by atoms with Crippen molar-refractivity contribution in [2.24, 2.45) is 34.5 Å². The summed E-state index contributed by atoms with van der Waals surface area (Å²) < 4.78 is 12.5. The predicted octanol–water partition coefficient (Wildman–Crippen LogP) is 4.14. The molecule has 3 nitrogen and oxygen atoms in total. The van der Waals surface area contributed by atoms with Crippen molar-refractivity contribution < 1.29 is 14.6 Å². The topological polar surface area (TPSA) is 38.7 Å². The molecule has 0 amide bonds. The third-order valence-electron chi connectivity index (χ3n) is 9.79. The van der Waals surface area contributed by atoms with E-state index < -0.39 is 5.60 Å². The van der Waals surface area contributed by atoms with Crippen LogP contribution in [0, 0.1) is 46.8 Å². The Morgan fingerprint density at radius 3 is 2.38 bits per heavy atom. The first-order valence-corrected chi connectivity index (χ1v) is 10.8. The van der Waals surface area contributed by atoms with E-state index in [2.05, 4.69) is 19.8 Å². The Hall–Kier alpha value is -0.560. The van der Waals surface area contributed by atoms with Gasteiger partial charge in [-0.1, -0.05) is 19.8 Å². The zero-order valence-corrected chi connectivity index (χ0v) is 16.4. The Labute approximate surface area is 158 Å². The zero-order chi connectivity index (χ0) is 18.2. The molecular weight excluding hydrogens is 324 g/mol. The van der Waals surface area contributed by atoms with Gasteiger partial charge in [0, 0.05) is 11.8 Å². The monoisotopic (exact) mass is 358 g/mol. The lowest BCUT2D eigenvalue weighted by molar-refractivity contribution is -0.248. The molecule has 1 saturated heterocycles. The van der Waals surface area contributed by atoms with Crippen molar-refractivity contribution in [2.75, 3.05) is 13.2 Å².